The van der Waals surface area contributed by atoms with Crippen LogP contribution in [0.5, 0.6) is 0 Å². The van der Waals surface area contributed by atoms with E-state index in [1.54, 1.807) is 41.3 Å². The third kappa shape index (κ3) is 4.45. The lowest BCUT2D eigenvalue weighted by molar-refractivity contribution is 0.0944. The average Bonchev–Trinajstić information content (AvgIpc) is 3.12. The number of nitrogens with zero attached hydrogens (tertiary/aromatic N) is 5. The van der Waals surface area contributed by atoms with Gasteiger partial charge in [-0.25, -0.2) is 9.97 Å². The van der Waals surface area contributed by atoms with E-state index in [9.17, 15) is 4.79 Å². The van der Waals surface area contributed by atoms with E-state index in [4.69, 9.17) is 16.9 Å². The molecule has 0 aliphatic heterocycles. The molecule has 2 heterocycles. The zero-order valence-electron chi connectivity index (χ0n) is 15.3. The normalized spacial score (nSPS) is 11.5. The van der Waals surface area contributed by atoms with Crippen LogP contribution in [0.2, 0.25) is 5.02 Å². The summed E-state index contributed by atoms with van der Waals surface area (Å²) in [7, 11) is 1.82. The van der Waals surface area contributed by atoms with Crippen LogP contribution in [-0.2, 0) is 7.05 Å². The lowest BCUT2D eigenvalue weighted by Crippen LogP contribution is -2.33. The number of nitriles is 1. The van der Waals surface area contributed by atoms with Crippen LogP contribution in [0.4, 0.5) is 11.6 Å². The molecular weight excluding hydrogens is 378 g/mol. The van der Waals surface area contributed by atoms with E-state index in [1.807, 2.05) is 20.0 Å². The van der Waals surface area contributed by atoms with Gasteiger partial charge in [0.05, 0.1) is 34.9 Å². The molecule has 0 aliphatic carbocycles. The fraction of sp³-hybridized carbons (Fsp3) is 0.211. The Balaban J connectivity index is 1.80. The first-order valence-corrected chi connectivity index (χ1v) is 8.97. The van der Waals surface area contributed by atoms with Gasteiger partial charge in [-0.3, -0.25) is 9.48 Å². The van der Waals surface area contributed by atoms with E-state index in [0.717, 1.165) is 11.3 Å². The van der Waals surface area contributed by atoms with Gasteiger partial charge in [-0.1, -0.05) is 30.7 Å². The molecule has 3 aromatic rings. The molecule has 0 bridgehead atoms. The number of halogens is 1. The van der Waals surface area contributed by atoms with Crippen LogP contribution in [0.25, 0.3) is 11.3 Å². The molecule has 2 N–H and O–H groups in total. The average molecular weight is 396 g/mol. The number of hydrogen-bond acceptors (Lipinski definition) is 6. The summed E-state index contributed by atoms with van der Waals surface area (Å²) in [5.74, 6) is 0.0849. The molecule has 1 aromatic carbocycles. The van der Waals surface area contributed by atoms with Crippen LogP contribution < -0.4 is 10.6 Å². The molecule has 0 saturated carbocycles. The van der Waals surface area contributed by atoms with Gasteiger partial charge in [-0.15, -0.1) is 0 Å². The van der Waals surface area contributed by atoms with E-state index < -0.39 is 6.04 Å². The maximum atomic E-state index is 12.2. The molecule has 1 amide bonds. The number of anilines is 2. The minimum atomic E-state index is -0.510. The van der Waals surface area contributed by atoms with Gasteiger partial charge < -0.3 is 10.6 Å². The Hall–Kier alpha value is -3.44. The number of rotatable bonds is 6. The summed E-state index contributed by atoms with van der Waals surface area (Å²) in [4.78, 5) is 20.9. The van der Waals surface area contributed by atoms with Crippen LogP contribution in [0.3, 0.4) is 0 Å². The largest absolute Gasteiger partial charge is 0.336 e. The highest BCUT2D eigenvalue weighted by molar-refractivity contribution is 6.32. The molecule has 1 atom stereocenters. The van der Waals surface area contributed by atoms with Crippen molar-refractivity contribution in [2.24, 2.45) is 7.05 Å². The predicted molar refractivity (Wildman–Crippen MR) is 106 cm³/mol. The Kier molecular flexibility index (Phi) is 5.87. The predicted octanol–water partition coefficient (Wildman–Crippen LogP) is 3.31. The molecule has 0 aliphatic rings. The van der Waals surface area contributed by atoms with Gasteiger partial charge in [0, 0.05) is 24.4 Å². The summed E-state index contributed by atoms with van der Waals surface area (Å²) in [6, 6.07) is 8.38. The zero-order valence-corrected chi connectivity index (χ0v) is 16.1. The fourth-order valence-corrected chi connectivity index (χ4v) is 2.69. The minimum absolute atomic E-state index is 0.298. The summed E-state index contributed by atoms with van der Waals surface area (Å²) in [5.41, 5.74) is 2.49. The maximum absolute atomic E-state index is 12.2. The van der Waals surface area contributed by atoms with E-state index in [-0.39, 0.29) is 5.91 Å². The molecule has 9 heteroatoms. The number of amides is 1. The van der Waals surface area contributed by atoms with Crippen molar-refractivity contribution >= 4 is 29.1 Å². The highest BCUT2D eigenvalue weighted by Crippen LogP contribution is 2.27. The second-order valence-corrected chi connectivity index (χ2v) is 6.47. The molecule has 0 spiro atoms. The van der Waals surface area contributed by atoms with Crippen LogP contribution in [0.1, 0.15) is 23.7 Å². The number of aromatic nitrogens is 4. The van der Waals surface area contributed by atoms with Crippen molar-refractivity contribution in [1.29, 1.82) is 5.26 Å². The number of aryl methyl sites for hydroxylation is 1. The van der Waals surface area contributed by atoms with Crippen molar-refractivity contribution in [2.45, 2.75) is 19.4 Å². The second kappa shape index (κ2) is 8.50. The first kappa shape index (κ1) is 19.3. The van der Waals surface area contributed by atoms with E-state index >= 15 is 0 Å². The molecule has 142 valence electrons. The van der Waals surface area contributed by atoms with Crippen molar-refractivity contribution in [2.75, 3.05) is 5.32 Å². The highest BCUT2D eigenvalue weighted by Gasteiger charge is 2.13. The van der Waals surface area contributed by atoms with Gasteiger partial charge in [-0.05, 0) is 18.6 Å². The number of carbonyl (C=O) groups is 1. The monoisotopic (exact) mass is 395 g/mol. The number of benzene rings is 1. The molecule has 28 heavy (non-hydrogen) atoms. The summed E-state index contributed by atoms with van der Waals surface area (Å²) in [6.45, 7) is 1.84. The van der Waals surface area contributed by atoms with Crippen molar-refractivity contribution in [1.82, 2.24) is 25.1 Å². The first-order chi connectivity index (χ1) is 13.5. The van der Waals surface area contributed by atoms with Crippen LogP contribution in [0.15, 0.2) is 42.9 Å². The smallest absolute Gasteiger partial charge is 0.252 e. The third-order valence-electron chi connectivity index (χ3n) is 4.00. The van der Waals surface area contributed by atoms with Gasteiger partial charge in [0.1, 0.15) is 6.04 Å². The lowest BCUT2D eigenvalue weighted by Gasteiger charge is -2.10. The van der Waals surface area contributed by atoms with Gasteiger partial charge in [0.2, 0.25) is 5.95 Å². The first-order valence-electron chi connectivity index (χ1n) is 8.59. The lowest BCUT2D eigenvalue weighted by atomic mass is 10.1. The van der Waals surface area contributed by atoms with E-state index in [2.05, 4.69) is 25.7 Å². The number of carbonyl (C=O) groups excluding carboxylic acids is 1. The topological polar surface area (TPSA) is 109 Å². The summed E-state index contributed by atoms with van der Waals surface area (Å²) >= 11 is 6.26. The molecule has 3 rings (SSSR count). The van der Waals surface area contributed by atoms with E-state index in [0.29, 0.717) is 28.6 Å². The molecule has 2 aromatic heterocycles. The zero-order chi connectivity index (χ0) is 20.1. The molecule has 8 nitrogen and oxygen atoms in total. The van der Waals surface area contributed by atoms with Crippen LogP contribution >= 0.6 is 11.6 Å². The minimum Gasteiger partial charge on any atom is -0.336 e. The Labute approximate surface area is 167 Å². The quantitative estimate of drug-likeness (QED) is 0.662. The maximum Gasteiger partial charge on any atom is 0.252 e. The number of nitrogens with one attached hydrogen (secondary N) is 2. The Bertz CT molecular complexity index is 1020. The third-order valence-corrected chi connectivity index (χ3v) is 4.27. The van der Waals surface area contributed by atoms with E-state index in [1.165, 1.54) is 6.20 Å². The fourth-order valence-electron chi connectivity index (χ4n) is 2.49. The summed E-state index contributed by atoms with van der Waals surface area (Å²) < 4.78 is 1.67. The summed E-state index contributed by atoms with van der Waals surface area (Å²) in [6.07, 6.45) is 5.53. The molecule has 1 unspecified atom stereocenters. The molecule has 0 fully saturated rings. The summed E-state index contributed by atoms with van der Waals surface area (Å²) in [5, 5.41) is 19.2. The Morgan fingerprint density at radius 2 is 2.07 bits per heavy atom. The Morgan fingerprint density at radius 1 is 1.32 bits per heavy atom. The molecule has 0 saturated heterocycles. The number of hydrogen-bond donors (Lipinski definition) is 2. The van der Waals surface area contributed by atoms with Gasteiger partial charge in [-0.2, -0.15) is 10.4 Å². The highest BCUT2D eigenvalue weighted by atomic mass is 35.5. The van der Waals surface area contributed by atoms with Gasteiger partial charge in [0.25, 0.3) is 5.91 Å². The van der Waals surface area contributed by atoms with Crippen molar-refractivity contribution < 1.29 is 4.79 Å². The van der Waals surface area contributed by atoms with Crippen molar-refractivity contribution in [3.05, 3.63) is 53.4 Å². The second-order valence-electron chi connectivity index (χ2n) is 6.06. The molecule has 0 radical (unpaired) electrons. The van der Waals surface area contributed by atoms with Crippen LogP contribution in [-0.4, -0.2) is 31.7 Å². The van der Waals surface area contributed by atoms with Crippen molar-refractivity contribution in [3.63, 3.8) is 0 Å². The standard InChI is InChI=1S/C19H18ClN7O/c1-3-14(8-21)24-18(28)13-6-4-12(5-7-13)17-16(20)10-22-19(26-17)25-15-9-23-27(2)11-15/h4-7,9-11,14H,3H2,1-2H3,(H,24,28)(H,22,25,26). The van der Waals surface area contributed by atoms with Crippen molar-refractivity contribution in [3.8, 4) is 17.3 Å². The van der Waals surface area contributed by atoms with Crippen LogP contribution in [0, 0.1) is 11.3 Å². The SMILES string of the molecule is CCC(C#N)NC(=O)c1ccc(-c2nc(Nc3cnn(C)c3)ncc2Cl)cc1. The Morgan fingerprint density at radius 3 is 2.68 bits per heavy atom. The van der Waals surface area contributed by atoms with Gasteiger partial charge >= 0.3 is 0 Å². The molecular formula is C19H18ClN7O. The van der Waals surface area contributed by atoms with Gasteiger partial charge in [0.15, 0.2) is 0 Å².